The van der Waals surface area contributed by atoms with Gasteiger partial charge in [-0.05, 0) is 55.8 Å². The molecule has 0 aromatic heterocycles. The first-order chi connectivity index (χ1) is 11.5. The Hall–Kier alpha value is -0.270. The van der Waals surface area contributed by atoms with E-state index < -0.39 is 10.0 Å². The normalized spacial score (nSPS) is 24.1. The first-order valence-corrected chi connectivity index (χ1v) is 11.7. The molecule has 0 saturated carbocycles. The largest absolute Gasteiger partial charge is 0.302 e. The van der Waals surface area contributed by atoms with Gasteiger partial charge in [-0.3, -0.25) is 0 Å². The third-order valence-electron chi connectivity index (χ3n) is 4.67. The van der Waals surface area contributed by atoms with Gasteiger partial charge in [-0.15, -0.1) is 0 Å². The Kier molecular flexibility index (Phi) is 6.49. The van der Waals surface area contributed by atoms with E-state index in [0.29, 0.717) is 11.6 Å². The molecule has 7 heteroatoms. The van der Waals surface area contributed by atoms with Crippen molar-refractivity contribution in [2.75, 3.05) is 37.7 Å². The van der Waals surface area contributed by atoms with E-state index in [1.807, 2.05) is 23.9 Å². The van der Waals surface area contributed by atoms with Crippen molar-refractivity contribution < 1.29 is 8.42 Å². The van der Waals surface area contributed by atoms with Crippen molar-refractivity contribution in [3.63, 3.8) is 0 Å². The standard InChI is InChI=1S/C17H25ClN2O2S2/c18-16-6-4-15(5-7-16)14-24(21,22)20-10-3-11-23-13-17(20)12-19-8-1-2-9-19/h4-7,17H,1-3,8-14H2/t17-/m1/s1. The molecule has 1 atom stereocenters. The number of benzene rings is 1. The topological polar surface area (TPSA) is 40.6 Å². The quantitative estimate of drug-likeness (QED) is 0.777. The van der Waals surface area contributed by atoms with E-state index in [0.717, 1.165) is 43.1 Å². The van der Waals surface area contributed by atoms with Crippen LogP contribution in [0.1, 0.15) is 24.8 Å². The second-order valence-corrected chi connectivity index (χ2v) is 10.1. The summed E-state index contributed by atoms with van der Waals surface area (Å²) in [4.78, 5) is 2.42. The van der Waals surface area contributed by atoms with Crippen molar-refractivity contribution in [1.29, 1.82) is 0 Å². The summed E-state index contributed by atoms with van der Waals surface area (Å²) in [6.07, 6.45) is 3.40. The predicted molar refractivity (Wildman–Crippen MR) is 102 cm³/mol. The fraction of sp³-hybridized carbons (Fsp3) is 0.647. The number of thioether (sulfide) groups is 1. The fourth-order valence-electron chi connectivity index (χ4n) is 3.45. The highest BCUT2D eigenvalue weighted by Crippen LogP contribution is 2.24. The number of halogens is 1. The van der Waals surface area contributed by atoms with E-state index in [9.17, 15) is 8.42 Å². The Bertz CT molecular complexity index is 630. The molecule has 24 heavy (non-hydrogen) atoms. The highest BCUT2D eigenvalue weighted by molar-refractivity contribution is 7.99. The monoisotopic (exact) mass is 388 g/mol. The molecule has 1 aromatic carbocycles. The summed E-state index contributed by atoms with van der Waals surface area (Å²) in [7, 11) is -3.31. The average Bonchev–Trinajstić information content (AvgIpc) is 2.93. The molecular formula is C17H25ClN2O2S2. The first-order valence-electron chi connectivity index (χ1n) is 8.59. The summed E-state index contributed by atoms with van der Waals surface area (Å²) in [5.74, 6) is 2.01. The Balaban J connectivity index is 1.74. The van der Waals surface area contributed by atoms with Gasteiger partial charge in [0.1, 0.15) is 0 Å². The van der Waals surface area contributed by atoms with Crippen LogP contribution < -0.4 is 0 Å². The minimum absolute atomic E-state index is 0.0608. The third-order valence-corrected chi connectivity index (χ3v) is 8.02. The van der Waals surface area contributed by atoms with Crippen LogP contribution in [0, 0.1) is 0 Å². The molecule has 0 aliphatic carbocycles. The van der Waals surface area contributed by atoms with E-state index in [4.69, 9.17) is 11.6 Å². The number of sulfonamides is 1. The number of hydrogen-bond acceptors (Lipinski definition) is 4. The molecule has 0 bridgehead atoms. The van der Waals surface area contributed by atoms with Crippen molar-refractivity contribution >= 4 is 33.4 Å². The molecule has 2 heterocycles. The molecular weight excluding hydrogens is 364 g/mol. The lowest BCUT2D eigenvalue weighted by molar-refractivity contribution is 0.243. The molecule has 0 radical (unpaired) electrons. The van der Waals surface area contributed by atoms with Gasteiger partial charge in [-0.1, -0.05) is 23.7 Å². The van der Waals surface area contributed by atoms with Crippen molar-refractivity contribution in [2.45, 2.75) is 31.1 Å². The van der Waals surface area contributed by atoms with Crippen molar-refractivity contribution in [1.82, 2.24) is 9.21 Å². The molecule has 0 unspecified atom stereocenters. The highest BCUT2D eigenvalue weighted by Gasteiger charge is 2.33. The van der Waals surface area contributed by atoms with E-state index in [2.05, 4.69) is 4.90 Å². The van der Waals surface area contributed by atoms with Gasteiger partial charge in [0.25, 0.3) is 0 Å². The average molecular weight is 389 g/mol. The van der Waals surface area contributed by atoms with Crippen LogP contribution >= 0.6 is 23.4 Å². The maximum atomic E-state index is 13.0. The zero-order valence-corrected chi connectivity index (χ0v) is 16.3. The number of hydrogen-bond donors (Lipinski definition) is 0. The molecule has 134 valence electrons. The van der Waals surface area contributed by atoms with Crippen LogP contribution in [0.5, 0.6) is 0 Å². The molecule has 3 rings (SSSR count). The molecule has 1 aromatic rings. The van der Waals surface area contributed by atoms with Crippen LogP contribution in [0.15, 0.2) is 24.3 Å². The predicted octanol–water partition coefficient (Wildman–Crippen LogP) is 3.07. The van der Waals surface area contributed by atoms with E-state index in [1.165, 1.54) is 12.8 Å². The maximum absolute atomic E-state index is 13.0. The molecule has 0 amide bonds. The van der Waals surface area contributed by atoms with Crippen molar-refractivity contribution in [2.24, 2.45) is 0 Å². The highest BCUT2D eigenvalue weighted by atomic mass is 35.5. The molecule has 2 saturated heterocycles. The first kappa shape index (κ1) is 18.5. The lowest BCUT2D eigenvalue weighted by Gasteiger charge is -2.31. The Labute approximate surface area is 154 Å². The third kappa shape index (κ3) is 4.88. The van der Waals surface area contributed by atoms with Gasteiger partial charge in [-0.2, -0.15) is 16.1 Å². The smallest absolute Gasteiger partial charge is 0.218 e. The molecule has 4 nitrogen and oxygen atoms in total. The second kappa shape index (κ2) is 8.41. The van der Waals surface area contributed by atoms with Crippen LogP contribution in [-0.4, -0.2) is 61.3 Å². The zero-order valence-electron chi connectivity index (χ0n) is 13.9. The van der Waals surface area contributed by atoms with E-state index in [-0.39, 0.29) is 11.8 Å². The Morgan fingerprint density at radius 2 is 1.79 bits per heavy atom. The van der Waals surface area contributed by atoms with E-state index >= 15 is 0 Å². The van der Waals surface area contributed by atoms with Gasteiger partial charge in [-0.25, -0.2) is 8.42 Å². The Morgan fingerprint density at radius 1 is 1.08 bits per heavy atom. The van der Waals surface area contributed by atoms with Crippen LogP contribution in [0.2, 0.25) is 5.02 Å². The SMILES string of the molecule is O=S(=O)(Cc1ccc(Cl)cc1)N1CCCSC[C@H]1CN1CCCC1. The summed E-state index contributed by atoms with van der Waals surface area (Å²) >= 11 is 7.79. The molecule has 2 fully saturated rings. The lowest BCUT2D eigenvalue weighted by Crippen LogP contribution is -2.47. The van der Waals surface area contributed by atoms with Gasteiger partial charge >= 0.3 is 0 Å². The summed E-state index contributed by atoms with van der Waals surface area (Å²) in [6, 6.07) is 7.22. The van der Waals surface area contributed by atoms with Gasteiger partial charge in [0, 0.05) is 29.9 Å². The summed E-state index contributed by atoms with van der Waals surface area (Å²) in [5.41, 5.74) is 0.802. The zero-order chi connectivity index (χ0) is 17.0. The van der Waals surface area contributed by atoms with Crippen molar-refractivity contribution in [3.05, 3.63) is 34.9 Å². The number of likely N-dealkylation sites (tertiary alicyclic amines) is 1. The molecule has 2 aliphatic rings. The summed E-state index contributed by atoms with van der Waals surface area (Å²) < 4.78 is 27.9. The lowest BCUT2D eigenvalue weighted by atomic mass is 10.2. The van der Waals surface area contributed by atoms with Gasteiger partial charge in [0.15, 0.2) is 0 Å². The molecule has 2 aliphatic heterocycles. The van der Waals surface area contributed by atoms with Gasteiger partial charge in [0.05, 0.1) is 5.75 Å². The van der Waals surface area contributed by atoms with Crippen LogP contribution in [0.25, 0.3) is 0 Å². The van der Waals surface area contributed by atoms with Gasteiger partial charge < -0.3 is 4.90 Å². The van der Waals surface area contributed by atoms with Gasteiger partial charge in [0.2, 0.25) is 10.0 Å². The van der Waals surface area contributed by atoms with Crippen LogP contribution in [0.4, 0.5) is 0 Å². The van der Waals surface area contributed by atoms with Crippen molar-refractivity contribution in [3.8, 4) is 0 Å². The Morgan fingerprint density at radius 3 is 2.50 bits per heavy atom. The maximum Gasteiger partial charge on any atom is 0.218 e. The summed E-state index contributed by atoms with van der Waals surface area (Å²) in [5, 5.41) is 0.634. The minimum Gasteiger partial charge on any atom is -0.302 e. The minimum atomic E-state index is -3.31. The van der Waals surface area contributed by atoms with E-state index in [1.54, 1.807) is 16.4 Å². The molecule has 0 spiro atoms. The second-order valence-electron chi connectivity index (χ2n) is 6.58. The van der Waals surface area contributed by atoms with Crippen LogP contribution in [0.3, 0.4) is 0 Å². The number of rotatable bonds is 5. The number of nitrogens with zero attached hydrogens (tertiary/aromatic N) is 2. The molecule has 0 N–H and O–H groups in total. The summed E-state index contributed by atoms with van der Waals surface area (Å²) in [6.45, 7) is 3.72. The fourth-order valence-corrected chi connectivity index (χ4v) is 6.51. The van der Waals surface area contributed by atoms with Crippen LogP contribution in [-0.2, 0) is 15.8 Å².